The van der Waals surface area contributed by atoms with Crippen molar-refractivity contribution in [1.29, 1.82) is 0 Å². The lowest BCUT2D eigenvalue weighted by molar-refractivity contribution is 0.295. The van der Waals surface area contributed by atoms with E-state index in [1.165, 1.54) is 0 Å². The molecule has 0 unspecified atom stereocenters. The number of ether oxygens (including phenoxy) is 2. The highest BCUT2D eigenvalue weighted by atomic mass is 79.9. The lowest BCUT2D eigenvalue weighted by Gasteiger charge is -2.16. The minimum atomic E-state index is 0.477. The number of nitrogen functional groups attached to an aromatic ring is 1. The summed E-state index contributed by atoms with van der Waals surface area (Å²) in [4.78, 5) is 0. The maximum absolute atomic E-state index is 5.90. The van der Waals surface area contributed by atoms with E-state index in [9.17, 15) is 0 Å². The van der Waals surface area contributed by atoms with Gasteiger partial charge in [-0.15, -0.1) is 0 Å². The number of hydrogen-bond donors (Lipinski definition) is 2. The second-order valence-electron chi connectivity index (χ2n) is 4.65. The Hall–Kier alpha value is -1.69. The molecule has 1 aromatic heterocycles. The Kier molecular flexibility index (Phi) is 3.56. The smallest absolute Gasteiger partial charge is 0.175 e. The van der Waals surface area contributed by atoms with E-state index in [2.05, 4.69) is 33.1 Å². The summed E-state index contributed by atoms with van der Waals surface area (Å²) < 4.78 is 12.6. The molecule has 0 radical (unpaired) electrons. The number of nitrogens with zero attached hydrogens (tertiary/aromatic N) is 1. The van der Waals surface area contributed by atoms with Crippen molar-refractivity contribution in [3.63, 3.8) is 0 Å². The van der Waals surface area contributed by atoms with E-state index in [1.54, 1.807) is 0 Å². The molecule has 0 saturated carbocycles. The topological polar surface area (TPSA) is 73.2 Å². The first kappa shape index (κ1) is 13.3. The number of aromatic nitrogens is 2. The number of hydrogen-bond acceptors (Lipinski definition) is 4. The lowest BCUT2D eigenvalue weighted by Crippen LogP contribution is -2.00. The molecule has 5 nitrogen and oxygen atoms in total. The second-order valence-corrected chi connectivity index (χ2v) is 5.51. The summed E-state index contributed by atoms with van der Waals surface area (Å²) >= 11 is 3.56. The molecule has 0 atom stereocenters. The fourth-order valence-electron chi connectivity index (χ4n) is 2.41. The first-order valence-corrected chi connectivity index (χ1v) is 7.42. The summed E-state index contributed by atoms with van der Waals surface area (Å²) in [6.45, 7) is 3.44. The third kappa shape index (κ3) is 2.24. The van der Waals surface area contributed by atoms with Crippen LogP contribution in [0.1, 0.15) is 18.9 Å². The molecule has 0 spiro atoms. The van der Waals surface area contributed by atoms with Gasteiger partial charge in [0.25, 0.3) is 0 Å². The Morgan fingerprint density at radius 3 is 2.70 bits per heavy atom. The molecule has 20 heavy (non-hydrogen) atoms. The second kappa shape index (κ2) is 5.36. The molecule has 1 aliphatic rings. The van der Waals surface area contributed by atoms with Crippen LogP contribution in [-0.2, 0) is 6.42 Å². The summed E-state index contributed by atoms with van der Waals surface area (Å²) in [5.74, 6) is 2.09. The highest BCUT2D eigenvalue weighted by molar-refractivity contribution is 9.10. The van der Waals surface area contributed by atoms with E-state index in [0.717, 1.165) is 45.6 Å². The minimum absolute atomic E-state index is 0.477. The van der Waals surface area contributed by atoms with Gasteiger partial charge in [-0.1, -0.05) is 6.92 Å². The molecule has 3 rings (SSSR count). The number of benzene rings is 1. The monoisotopic (exact) mass is 337 g/mol. The summed E-state index contributed by atoms with van der Waals surface area (Å²) in [5.41, 5.74) is 8.72. The Morgan fingerprint density at radius 2 is 2.05 bits per heavy atom. The third-order valence-electron chi connectivity index (χ3n) is 3.32. The highest BCUT2D eigenvalue weighted by Crippen LogP contribution is 2.44. The fourth-order valence-corrected chi connectivity index (χ4v) is 2.93. The summed E-state index contributed by atoms with van der Waals surface area (Å²) in [6, 6.07) is 3.85. The van der Waals surface area contributed by atoms with Gasteiger partial charge in [-0.2, -0.15) is 5.10 Å². The molecular formula is C14H16BrN3O2. The number of fused-ring (bicyclic) bond motifs is 1. The number of H-pyrrole nitrogens is 1. The summed E-state index contributed by atoms with van der Waals surface area (Å²) in [5, 5.41) is 6.95. The number of rotatable bonds is 2. The molecule has 0 bridgehead atoms. The molecule has 2 heterocycles. The van der Waals surface area contributed by atoms with Crippen molar-refractivity contribution in [2.24, 2.45) is 0 Å². The zero-order chi connectivity index (χ0) is 14.1. The molecular weight excluding hydrogens is 322 g/mol. The van der Waals surface area contributed by atoms with Gasteiger partial charge in [0.2, 0.25) is 0 Å². The van der Waals surface area contributed by atoms with Crippen LogP contribution in [0.15, 0.2) is 16.6 Å². The van der Waals surface area contributed by atoms with Crippen molar-refractivity contribution in [3.05, 3.63) is 22.2 Å². The Bertz CT molecular complexity index is 640. The standard InChI is InChI=1S/C14H16BrN3O2/c1-2-8-9(11-7-12(16)18-17-11)6-10(15)14-13(8)19-4-3-5-20-14/h6-7H,2-5H2,1H3,(H3,16,17,18). The van der Waals surface area contributed by atoms with Gasteiger partial charge in [0.05, 0.1) is 23.4 Å². The fraction of sp³-hybridized carbons (Fsp3) is 0.357. The van der Waals surface area contributed by atoms with E-state index in [0.29, 0.717) is 19.0 Å². The lowest BCUT2D eigenvalue weighted by atomic mass is 10.0. The maximum Gasteiger partial charge on any atom is 0.175 e. The number of anilines is 1. The molecule has 0 aliphatic carbocycles. The summed E-state index contributed by atoms with van der Waals surface area (Å²) in [6.07, 6.45) is 1.73. The van der Waals surface area contributed by atoms with Crippen LogP contribution in [0.25, 0.3) is 11.3 Å². The van der Waals surface area contributed by atoms with Gasteiger partial charge in [-0.05, 0) is 28.4 Å². The Morgan fingerprint density at radius 1 is 1.30 bits per heavy atom. The first-order chi connectivity index (χ1) is 9.70. The van der Waals surface area contributed by atoms with Gasteiger partial charge in [-0.25, -0.2) is 0 Å². The van der Waals surface area contributed by atoms with E-state index in [-0.39, 0.29) is 0 Å². The predicted molar refractivity (Wildman–Crippen MR) is 81.1 cm³/mol. The zero-order valence-corrected chi connectivity index (χ0v) is 12.8. The molecule has 0 amide bonds. The van der Waals surface area contributed by atoms with Crippen LogP contribution in [0.5, 0.6) is 11.5 Å². The van der Waals surface area contributed by atoms with Crippen molar-refractivity contribution in [2.45, 2.75) is 19.8 Å². The summed E-state index contributed by atoms with van der Waals surface area (Å²) in [7, 11) is 0. The minimum Gasteiger partial charge on any atom is -0.489 e. The molecule has 1 aliphatic heterocycles. The molecule has 2 aromatic rings. The van der Waals surface area contributed by atoms with Crippen molar-refractivity contribution < 1.29 is 9.47 Å². The van der Waals surface area contributed by atoms with Gasteiger partial charge in [0.15, 0.2) is 11.5 Å². The average Bonchev–Trinajstić information content (AvgIpc) is 2.72. The molecule has 6 heteroatoms. The SMILES string of the molecule is CCc1c(-c2cc(N)n[nH]2)cc(Br)c2c1OCCCO2. The van der Waals surface area contributed by atoms with E-state index < -0.39 is 0 Å². The maximum atomic E-state index is 5.90. The first-order valence-electron chi connectivity index (χ1n) is 6.63. The van der Waals surface area contributed by atoms with Crippen LogP contribution in [-0.4, -0.2) is 23.4 Å². The van der Waals surface area contributed by atoms with Gasteiger partial charge in [0, 0.05) is 23.6 Å². The predicted octanol–water partition coefficient (Wildman–Crippen LogP) is 3.15. The Labute approximate surface area is 125 Å². The molecule has 0 fully saturated rings. The van der Waals surface area contributed by atoms with Crippen LogP contribution >= 0.6 is 15.9 Å². The molecule has 106 valence electrons. The van der Waals surface area contributed by atoms with Crippen molar-refractivity contribution >= 4 is 21.7 Å². The number of aromatic amines is 1. The zero-order valence-electron chi connectivity index (χ0n) is 11.2. The largest absolute Gasteiger partial charge is 0.489 e. The van der Waals surface area contributed by atoms with Crippen LogP contribution in [0.3, 0.4) is 0 Å². The van der Waals surface area contributed by atoms with Gasteiger partial charge in [0.1, 0.15) is 5.82 Å². The number of nitrogens with two attached hydrogens (primary N) is 1. The van der Waals surface area contributed by atoms with Crippen molar-refractivity contribution in [2.75, 3.05) is 18.9 Å². The van der Waals surface area contributed by atoms with Crippen molar-refractivity contribution in [1.82, 2.24) is 10.2 Å². The molecule has 1 aromatic carbocycles. The van der Waals surface area contributed by atoms with Gasteiger partial charge < -0.3 is 15.2 Å². The van der Waals surface area contributed by atoms with E-state index in [4.69, 9.17) is 15.2 Å². The quantitative estimate of drug-likeness (QED) is 0.882. The van der Waals surface area contributed by atoms with E-state index >= 15 is 0 Å². The van der Waals surface area contributed by atoms with Crippen molar-refractivity contribution in [3.8, 4) is 22.8 Å². The van der Waals surface area contributed by atoms with E-state index in [1.807, 2.05) is 12.1 Å². The number of nitrogens with one attached hydrogen (secondary N) is 1. The average molecular weight is 338 g/mol. The van der Waals surface area contributed by atoms with Crippen LogP contribution in [0.2, 0.25) is 0 Å². The Balaban J connectivity index is 2.20. The van der Waals surface area contributed by atoms with Gasteiger partial charge in [-0.3, -0.25) is 5.10 Å². The van der Waals surface area contributed by atoms with Crippen LogP contribution in [0, 0.1) is 0 Å². The van der Waals surface area contributed by atoms with Gasteiger partial charge >= 0.3 is 0 Å². The highest BCUT2D eigenvalue weighted by Gasteiger charge is 2.22. The molecule has 0 saturated heterocycles. The normalized spacial score (nSPS) is 14.1. The van der Waals surface area contributed by atoms with Crippen LogP contribution < -0.4 is 15.2 Å². The number of halogens is 1. The molecule has 3 N–H and O–H groups in total. The van der Waals surface area contributed by atoms with Crippen LogP contribution in [0.4, 0.5) is 5.82 Å². The third-order valence-corrected chi connectivity index (χ3v) is 3.91.